The molecule has 0 radical (unpaired) electrons. The van der Waals surface area contributed by atoms with Crippen molar-refractivity contribution in [3.05, 3.63) is 24.0 Å². The number of rotatable bonds is 3. The molecule has 18 heavy (non-hydrogen) atoms. The second kappa shape index (κ2) is 5.67. The van der Waals surface area contributed by atoms with Gasteiger partial charge in [0.25, 0.3) is 0 Å². The minimum Gasteiger partial charge on any atom is -0.369 e. The number of anilines is 1. The van der Waals surface area contributed by atoms with Gasteiger partial charge in [0.15, 0.2) is 0 Å². The Balaban J connectivity index is 2.06. The van der Waals surface area contributed by atoms with E-state index in [1.807, 2.05) is 19.2 Å². The van der Waals surface area contributed by atoms with Gasteiger partial charge in [0.1, 0.15) is 0 Å². The van der Waals surface area contributed by atoms with E-state index in [-0.39, 0.29) is 6.04 Å². The SMILES string of the molecule is CC(N)c1ccc(N2CCCC(N(C)C)C2)cn1. The Kier molecular flexibility index (Phi) is 4.19. The van der Waals surface area contributed by atoms with Gasteiger partial charge in [-0.15, -0.1) is 0 Å². The first-order chi connectivity index (χ1) is 8.58. The summed E-state index contributed by atoms with van der Waals surface area (Å²) in [7, 11) is 4.32. The molecule has 4 nitrogen and oxygen atoms in total. The van der Waals surface area contributed by atoms with Crippen LogP contribution in [-0.2, 0) is 0 Å². The van der Waals surface area contributed by atoms with Gasteiger partial charge < -0.3 is 15.5 Å². The number of pyridine rings is 1. The summed E-state index contributed by atoms with van der Waals surface area (Å²) in [6.45, 7) is 4.18. The van der Waals surface area contributed by atoms with Crippen molar-refractivity contribution in [2.45, 2.75) is 31.8 Å². The van der Waals surface area contributed by atoms with Gasteiger partial charge >= 0.3 is 0 Å². The molecule has 2 N–H and O–H groups in total. The smallest absolute Gasteiger partial charge is 0.0569 e. The first-order valence-electron chi connectivity index (χ1n) is 6.71. The first kappa shape index (κ1) is 13.3. The van der Waals surface area contributed by atoms with Crippen LogP contribution in [0.1, 0.15) is 31.5 Å². The average Bonchev–Trinajstić information content (AvgIpc) is 2.39. The maximum absolute atomic E-state index is 5.82. The minimum absolute atomic E-state index is 0.00919. The Morgan fingerprint density at radius 3 is 2.78 bits per heavy atom. The highest BCUT2D eigenvalue weighted by molar-refractivity contribution is 5.45. The summed E-state index contributed by atoms with van der Waals surface area (Å²) in [6.07, 6.45) is 4.49. The predicted octanol–water partition coefficient (Wildman–Crippen LogP) is 1.63. The van der Waals surface area contributed by atoms with E-state index in [0.717, 1.165) is 18.8 Å². The van der Waals surface area contributed by atoms with Gasteiger partial charge in [-0.25, -0.2) is 0 Å². The van der Waals surface area contributed by atoms with Crippen LogP contribution in [0.5, 0.6) is 0 Å². The van der Waals surface area contributed by atoms with Gasteiger partial charge in [0.2, 0.25) is 0 Å². The van der Waals surface area contributed by atoms with Crippen LogP contribution in [0.25, 0.3) is 0 Å². The molecule has 0 saturated carbocycles. The Labute approximate surface area is 110 Å². The van der Waals surface area contributed by atoms with Crippen molar-refractivity contribution in [1.29, 1.82) is 0 Å². The minimum atomic E-state index is 0.00919. The molecule has 0 aliphatic carbocycles. The number of nitrogens with zero attached hydrogens (tertiary/aromatic N) is 3. The number of aromatic nitrogens is 1. The van der Waals surface area contributed by atoms with Crippen LogP contribution in [0.2, 0.25) is 0 Å². The molecule has 2 heterocycles. The van der Waals surface area contributed by atoms with Crippen LogP contribution in [0.15, 0.2) is 18.3 Å². The van der Waals surface area contributed by atoms with Crippen molar-refractivity contribution in [3.8, 4) is 0 Å². The second-order valence-corrected chi connectivity index (χ2v) is 5.44. The molecule has 100 valence electrons. The summed E-state index contributed by atoms with van der Waals surface area (Å²) in [5.74, 6) is 0. The molecule has 2 unspecified atom stereocenters. The molecule has 0 amide bonds. The van der Waals surface area contributed by atoms with E-state index in [9.17, 15) is 0 Å². The van der Waals surface area contributed by atoms with Crippen molar-refractivity contribution < 1.29 is 0 Å². The third-order valence-electron chi connectivity index (χ3n) is 3.73. The van der Waals surface area contributed by atoms with Crippen LogP contribution in [0.4, 0.5) is 5.69 Å². The lowest BCUT2D eigenvalue weighted by atomic mass is 10.0. The molecule has 1 saturated heterocycles. The van der Waals surface area contributed by atoms with E-state index in [0.29, 0.717) is 6.04 Å². The highest BCUT2D eigenvalue weighted by Gasteiger charge is 2.21. The van der Waals surface area contributed by atoms with Gasteiger partial charge in [-0.3, -0.25) is 4.98 Å². The van der Waals surface area contributed by atoms with E-state index >= 15 is 0 Å². The van der Waals surface area contributed by atoms with E-state index < -0.39 is 0 Å². The van der Waals surface area contributed by atoms with Gasteiger partial charge in [0, 0.05) is 25.2 Å². The molecule has 1 aromatic heterocycles. The number of piperidine rings is 1. The number of hydrogen-bond acceptors (Lipinski definition) is 4. The van der Waals surface area contributed by atoms with E-state index in [2.05, 4.69) is 34.9 Å². The van der Waals surface area contributed by atoms with Crippen LogP contribution in [0, 0.1) is 0 Å². The van der Waals surface area contributed by atoms with Crippen LogP contribution in [-0.4, -0.2) is 43.1 Å². The Hall–Kier alpha value is -1.13. The van der Waals surface area contributed by atoms with Crippen molar-refractivity contribution >= 4 is 5.69 Å². The molecular formula is C14H24N4. The van der Waals surface area contributed by atoms with E-state index in [1.54, 1.807) is 0 Å². The lowest BCUT2D eigenvalue weighted by molar-refractivity contribution is 0.258. The molecular weight excluding hydrogens is 224 g/mol. The maximum atomic E-state index is 5.82. The summed E-state index contributed by atoms with van der Waals surface area (Å²) in [5.41, 5.74) is 7.99. The number of nitrogens with two attached hydrogens (primary N) is 1. The topological polar surface area (TPSA) is 45.4 Å². The molecule has 2 atom stereocenters. The molecule has 2 rings (SSSR count). The van der Waals surface area contributed by atoms with Crippen molar-refractivity contribution in [2.24, 2.45) is 5.73 Å². The summed E-state index contributed by atoms with van der Waals surface area (Å²) in [4.78, 5) is 9.18. The van der Waals surface area contributed by atoms with Crippen molar-refractivity contribution in [2.75, 3.05) is 32.1 Å². The van der Waals surface area contributed by atoms with Crippen LogP contribution >= 0.6 is 0 Å². The molecule has 0 bridgehead atoms. The normalized spacial score (nSPS) is 22.3. The highest BCUT2D eigenvalue weighted by Crippen LogP contribution is 2.21. The van der Waals surface area contributed by atoms with Crippen LogP contribution < -0.4 is 10.6 Å². The molecule has 1 aliphatic heterocycles. The van der Waals surface area contributed by atoms with Gasteiger partial charge in [-0.2, -0.15) is 0 Å². The number of likely N-dealkylation sites (N-methyl/N-ethyl adjacent to an activating group) is 1. The Morgan fingerprint density at radius 1 is 1.44 bits per heavy atom. The predicted molar refractivity (Wildman–Crippen MR) is 75.8 cm³/mol. The first-order valence-corrected chi connectivity index (χ1v) is 6.71. The molecule has 0 spiro atoms. The summed E-state index contributed by atoms with van der Waals surface area (Å²) < 4.78 is 0. The van der Waals surface area contributed by atoms with Gasteiger partial charge in [-0.05, 0) is 46.0 Å². The lowest BCUT2D eigenvalue weighted by Gasteiger charge is -2.37. The highest BCUT2D eigenvalue weighted by atomic mass is 15.2. The summed E-state index contributed by atoms with van der Waals surface area (Å²) in [6, 6.07) is 4.84. The Bertz CT molecular complexity index is 372. The number of hydrogen-bond donors (Lipinski definition) is 1. The van der Waals surface area contributed by atoms with Crippen LogP contribution in [0.3, 0.4) is 0 Å². The monoisotopic (exact) mass is 248 g/mol. The van der Waals surface area contributed by atoms with E-state index in [1.165, 1.54) is 18.5 Å². The zero-order valence-electron chi connectivity index (χ0n) is 11.6. The molecule has 1 fully saturated rings. The lowest BCUT2D eigenvalue weighted by Crippen LogP contribution is -2.45. The largest absolute Gasteiger partial charge is 0.369 e. The fourth-order valence-electron chi connectivity index (χ4n) is 2.46. The summed E-state index contributed by atoms with van der Waals surface area (Å²) >= 11 is 0. The molecule has 1 aliphatic rings. The summed E-state index contributed by atoms with van der Waals surface area (Å²) in [5, 5.41) is 0. The molecule has 4 heteroatoms. The van der Waals surface area contributed by atoms with Crippen molar-refractivity contribution in [1.82, 2.24) is 9.88 Å². The fourth-order valence-corrected chi connectivity index (χ4v) is 2.46. The average molecular weight is 248 g/mol. The Morgan fingerprint density at radius 2 is 2.22 bits per heavy atom. The second-order valence-electron chi connectivity index (χ2n) is 5.44. The molecule has 1 aromatic rings. The van der Waals surface area contributed by atoms with Gasteiger partial charge in [-0.1, -0.05) is 0 Å². The van der Waals surface area contributed by atoms with Gasteiger partial charge in [0.05, 0.1) is 17.6 Å². The van der Waals surface area contributed by atoms with Crippen molar-refractivity contribution in [3.63, 3.8) is 0 Å². The maximum Gasteiger partial charge on any atom is 0.0569 e. The third-order valence-corrected chi connectivity index (χ3v) is 3.73. The quantitative estimate of drug-likeness (QED) is 0.883. The molecule has 0 aromatic carbocycles. The zero-order valence-corrected chi connectivity index (χ0v) is 11.6. The zero-order chi connectivity index (χ0) is 13.1. The standard InChI is InChI=1S/C14H24N4/c1-11(15)14-7-6-12(9-16-14)18-8-4-5-13(10-18)17(2)3/h6-7,9,11,13H,4-5,8,10,15H2,1-3H3. The fraction of sp³-hybridized carbons (Fsp3) is 0.643. The van der Waals surface area contributed by atoms with E-state index in [4.69, 9.17) is 5.73 Å². The third kappa shape index (κ3) is 3.00.